The Labute approximate surface area is 115 Å². The van der Waals surface area contributed by atoms with Crippen molar-refractivity contribution < 1.29 is 0 Å². The molecule has 19 heavy (non-hydrogen) atoms. The third-order valence-electron chi connectivity index (χ3n) is 3.79. The molecule has 0 spiro atoms. The summed E-state index contributed by atoms with van der Waals surface area (Å²) in [6.07, 6.45) is 5.75. The molecule has 3 nitrogen and oxygen atoms in total. The van der Waals surface area contributed by atoms with Crippen molar-refractivity contribution in [1.82, 2.24) is 9.97 Å². The van der Waals surface area contributed by atoms with Gasteiger partial charge in [0.25, 0.3) is 0 Å². The molecule has 4 heteroatoms. The third kappa shape index (κ3) is 1.78. The maximum absolute atomic E-state index is 4.87. The van der Waals surface area contributed by atoms with Gasteiger partial charge >= 0.3 is 0 Å². The minimum Gasteiger partial charge on any atom is -0.355 e. The molecule has 0 bridgehead atoms. The number of hydrogen-bond donors (Lipinski definition) is 0. The first kappa shape index (κ1) is 11.2. The Morgan fingerprint density at radius 2 is 2.00 bits per heavy atom. The van der Waals surface area contributed by atoms with Gasteiger partial charge in [0.2, 0.25) is 0 Å². The molecule has 0 unspecified atom stereocenters. The summed E-state index contributed by atoms with van der Waals surface area (Å²) in [6.45, 7) is 2.26. The van der Waals surface area contributed by atoms with Crippen molar-refractivity contribution in [2.24, 2.45) is 0 Å². The molecular weight excluding hydrogens is 254 g/mol. The average Bonchev–Trinajstić information content (AvgIpc) is 2.97. The Kier molecular flexibility index (Phi) is 2.62. The molecule has 0 radical (unpaired) electrons. The summed E-state index contributed by atoms with van der Waals surface area (Å²) in [5, 5.41) is 3.39. The fourth-order valence-corrected chi connectivity index (χ4v) is 3.76. The van der Waals surface area contributed by atoms with E-state index in [9.17, 15) is 0 Å². The highest BCUT2D eigenvalue weighted by Crippen LogP contribution is 2.35. The fourth-order valence-electron chi connectivity index (χ4n) is 2.85. The first-order chi connectivity index (χ1) is 9.43. The lowest BCUT2D eigenvalue weighted by molar-refractivity contribution is 0.575. The summed E-state index contributed by atoms with van der Waals surface area (Å²) < 4.78 is 1.29. The zero-order chi connectivity index (χ0) is 12.7. The van der Waals surface area contributed by atoms with Gasteiger partial charge in [-0.2, -0.15) is 0 Å². The molecule has 0 aliphatic carbocycles. The van der Waals surface area contributed by atoms with Crippen LogP contribution in [0.25, 0.3) is 21.1 Å². The lowest BCUT2D eigenvalue weighted by Crippen LogP contribution is -2.30. The van der Waals surface area contributed by atoms with E-state index in [0.29, 0.717) is 0 Å². The number of piperidine rings is 1. The lowest BCUT2D eigenvalue weighted by Gasteiger charge is -2.28. The van der Waals surface area contributed by atoms with Gasteiger partial charge in [0.05, 0.1) is 15.7 Å². The quantitative estimate of drug-likeness (QED) is 0.672. The van der Waals surface area contributed by atoms with Crippen LogP contribution in [0, 0.1) is 0 Å². The molecule has 1 fully saturated rings. The van der Waals surface area contributed by atoms with Gasteiger partial charge in [-0.25, -0.2) is 4.98 Å². The first-order valence-corrected chi connectivity index (χ1v) is 7.68. The predicted molar refractivity (Wildman–Crippen MR) is 81.0 cm³/mol. The van der Waals surface area contributed by atoms with Crippen LogP contribution in [-0.4, -0.2) is 23.1 Å². The van der Waals surface area contributed by atoms with Crippen LogP contribution in [-0.2, 0) is 0 Å². The summed E-state index contributed by atoms with van der Waals surface area (Å²) >= 11 is 1.78. The number of rotatable bonds is 1. The second-order valence-electron chi connectivity index (χ2n) is 5.02. The zero-order valence-electron chi connectivity index (χ0n) is 10.7. The van der Waals surface area contributed by atoms with Crippen molar-refractivity contribution in [1.29, 1.82) is 0 Å². The molecule has 0 saturated carbocycles. The van der Waals surface area contributed by atoms with E-state index in [-0.39, 0.29) is 0 Å². The van der Waals surface area contributed by atoms with Crippen molar-refractivity contribution in [3.8, 4) is 0 Å². The summed E-state index contributed by atoms with van der Waals surface area (Å²) in [7, 11) is 0. The van der Waals surface area contributed by atoms with E-state index in [4.69, 9.17) is 4.98 Å². The smallest absolute Gasteiger partial charge is 0.147 e. The lowest BCUT2D eigenvalue weighted by atomic mass is 10.1. The van der Waals surface area contributed by atoms with Gasteiger partial charge in [0.1, 0.15) is 5.82 Å². The molecule has 3 aromatic rings. The van der Waals surface area contributed by atoms with Crippen LogP contribution in [0.5, 0.6) is 0 Å². The molecule has 0 atom stereocenters. The van der Waals surface area contributed by atoms with Crippen molar-refractivity contribution in [2.75, 3.05) is 18.0 Å². The van der Waals surface area contributed by atoms with Crippen molar-refractivity contribution in [2.45, 2.75) is 19.3 Å². The van der Waals surface area contributed by atoms with Crippen LogP contribution in [0.2, 0.25) is 0 Å². The van der Waals surface area contributed by atoms with E-state index in [1.165, 1.54) is 29.3 Å². The number of anilines is 1. The van der Waals surface area contributed by atoms with Crippen molar-refractivity contribution >= 4 is 38.3 Å². The van der Waals surface area contributed by atoms with Crippen molar-refractivity contribution in [3.63, 3.8) is 0 Å². The summed E-state index contributed by atoms with van der Waals surface area (Å²) in [5.74, 6) is 1.16. The zero-order valence-corrected chi connectivity index (χ0v) is 11.5. The highest BCUT2D eigenvalue weighted by atomic mass is 32.1. The molecule has 1 aliphatic rings. The molecule has 4 heterocycles. The number of fused-ring (bicyclic) bond motifs is 3. The standard InChI is InChI=1S/C15H15N3S/c1-2-8-18(9-3-1)15-14-11(6-10-19-14)13-12(17-15)5-4-7-16-13/h4-7,10H,1-3,8-9H2. The molecule has 0 amide bonds. The average molecular weight is 269 g/mol. The van der Waals surface area contributed by atoms with Crippen LogP contribution in [0.15, 0.2) is 29.8 Å². The number of pyridine rings is 2. The second-order valence-corrected chi connectivity index (χ2v) is 5.93. The molecule has 1 saturated heterocycles. The maximum Gasteiger partial charge on any atom is 0.147 e. The van der Waals surface area contributed by atoms with E-state index >= 15 is 0 Å². The Hall–Kier alpha value is -1.68. The summed E-state index contributed by atoms with van der Waals surface area (Å²) in [6, 6.07) is 6.20. The fraction of sp³-hybridized carbons (Fsp3) is 0.333. The molecule has 0 N–H and O–H groups in total. The van der Waals surface area contributed by atoms with Gasteiger partial charge in [-0.1, -0.05) is 0 Å². The van der Waals surface area contributed by atoms with Crippen LogP contribution in [0.1, 0.15) is 19.3 Å². The molecular formula is C15H15N3S. The Balaban J connectivity index is 1.99. The van der Waals surface area contributed by atoms with Crippen molar-refractivity contribution in [3.05, 3.63) is 29.8 Å². The Morgan fingerprint density at radius 3 is 2.89 bits per heavy atom. The normalized spacial score (nSPS) is 16.3. The van der Waals surface area contributed by atoms with Gasteiger partial charge in [-0.3, -0.25) is 4.98 Å². The minimum atomic E-state index is 1.01. The van der Waals surface area contributed by atoms with Crippen LogP contribution >= 0.6 is 11.3 Å². The van der Waals surface area contributed by atoms with E-state index in [0.717, 1.165) is 29.9 Å². The molecule has 3 aromatic heterocycles. The molecule has 4 rings (SSSR count). The number of thiophene rings is 1. The summed E-state index contributed by atoms with van der Waals surface area (Å²) in [5.41, 5.74) is 2.04. The van der Waals surface area contributed by atoms with E-state index in [1.807, 2.05) is 12.3 Å². The van der Waals surface area contributed by atoms with Gasteiger partial charge in [0, 0.05) is 24.7 Å². The van der Waals surface area contributed by atoms with Crippen LogP contribution < -0.4 is 4.90 Å². The highest BCUT2D eigenvalue weighted by Gasteiger charge is 2.17. The van der Waals surface area contributed by atoms with Crippen LogP contribution in [0.3, 0.4) is 0 Å². The monoisotopic (exact) mass is 269 g/mol. The number of aromatic nitrogens is 2. The predicted octanol–water partition coefficient (Wildman–Crippen LogP) is 3.83. The topological polar surface area (TPSA) is 29.0 Å². The SMILES string of the molecule is c1cnc2c(c1)nc(N1CCCCC1)c1sccc12. The Bertz CT molecular complexity index is 728. The van der Waals surface area contributed by atoms with E-state index in [1.54, 1.807) is 11.3 Å². The van der Waals surface area contributed by atoms with Crippen LogP contribution in [0.4, 0.5) is 5.82 Å². The number of hydrogen-bond acceptors (Lipinski definition) is 4. The third-order valence-corrected chi connectivity index (χ3v) is 4.70. The second kappa shape index (κ2) is 4.46. The maximum atomic E-state index is 4.87. The first-order valence-electron chi connectivity index (χ1n) is 6.80. The van der Waals surface area contributed by atoms with Gasteiger partial charge in [-0.05, 0) is 42.8 Å². The van der Waals surface area contributed by atoms with Gasteiger partial charge < -0.3 is 4.90 Å². The number of nitrogens with zero attached hydrogens (tertiary/aromatic N) is 3. The molecule has 1 aliphatic heterocycles. The Morgan fingerprint density at radius 1 is 1.11 bits per heavy atom. The largest absolute Gasteiger partial charge is 0.355 e. The van der Waals surface area contributed by atoms with E-state index in [2.05, 4.69) is 27.4 Å². The van der Waals surface area contributed by atoms with Gasteiger partial charge in [0.15, 0.2) is 0 Å². The summed E-state index contributed by atoms with van der Waals surface area (Å²) in [4.78, 5) is 11.8. The van der Waals surface area contributed by atoms with E-state index < -0.39 is 0 Å². The molecule has 0 aromatic carbocycles. The molecule has 96 valence electrons. The van der Waals surface area contributed by atoms with Gasteiger partial charge in [-0.15, -0.1) is 11.3 Å². The minimum absolute atomic E-state index is 1.01. The highest BCUT2D eigenvalue weighted by molar-refractivity contribution is 7.18.